The van der Waals surface area contributed by atoms with Gasteiger partial charge in [-0.1, -0.05) is 30.3 Å². The normalized spacial score (nSPS) is 13.5. The van der Waals surface area contributed by atoms with Crippen LogP contribution in [0, 0.1) is 5.82 Å². The van der Waals surface area contributed by atoms with E-state index in [1.54, 1.807) is 24.4 Å². The minimum Gasteiger partial charge on any atom is -0.378 e. The van der Waals surface area contributed by atoms with Gasteiger partial charge in [0.25, 0.3) is 0 Å². The Hall–Kier alpha value is -5.16. The topological polar surface area (TPSA) is 78.5 Å². The van der Waals surface area contributed by atoms with Crippen LogP contribution in [-0.2, 0) is 10.9 Å². The lowest BCUT2D eigenvalue weighted by molar-refractivity contribution is -0.137. The third kappa shape index (κ3) is 6.42. The van der Waals surface area contributed by atoms with Gasteiger partial charge in [-0.15, -0.1) is 0 Å². The van der Waals surface area contributed by atoms with E-state index in [9.17, 15) is 22.4 Å². The molecule has 2 heterocycles. The highest BCUT2D eigenvalue weighted by atomic mass is 19.4. The second kappa shape index (κ2) is 12.2. The van der Waals surface area contributed by atoms with Gasteiger partial charge in [-0.3, -0.25) is 0 Å². The first-order valence-corrected chi connectivity index (χ1v) is 13.9. The average Bonchev–Trinajstić information content (AvgIpc) is 3.02. The van der Waals surface area contributed by atoms with Gasteiger partial charge in [-0.2, -0.15) is 13.2 Å². The van der Waals surface area contributed by atoms with Crippen molar-refractivity contribution in [3.05, 3.63) is 109 Å². The molecule has 5 aromatic rings. The van der Waals surface area contributed by atoms with Crippen molar-refractivity contribution in [3.8, 4) is 11.1 Å². The number of benzene rings is 4. The number of amides is 2. The second-order valence-electron chi connectivity index (χ2n) is 10.2. The molecule has 1 fully saturated rings. The Morgan fingerprint density at radius 2 is 1.59 bits per heavy atom. The Kier molecular flexibility index (Phi) is 8.03. The molecule has 44 heavy (non-hydrogen) atoms. The van der Waals surface area contributed by atoms with E-state index in [4.69, 9.17) is 4.74 Å². The zero-order valence-corrected chi connectivity index (χ0v) is 23.3. The second-order valence-corrected chi connectivity index (χ2v) is 10.2. The van der Waals surface area contributed by atoms with Gasteiger partial charge < -0.3 is 25.6 Å². The number of fused-ring (bicyclic) bond motifs is 1. The first-order valence-electron chi connectivity index (χ1n) is 13.9. The summed E-state index contributed by atoms with van der Waals surface area (Å²) in [5.41, 5.74) is 2.41. The number of rotatable bonds is 6. The number of hydrogen-bond acceptors (Lipinski definition) is 5. The largest absolute Gasteiger partial charge is 0.416 e. The lowest BCUT2D eigenvalue weighted by Crippen LogP contribution is -2.36. The van der Waals surface area contributed by atoms with Crippen molar-refractivity contribution >= 4 is 45.4 Å². The molecule has 1 saturated heterocycles. The van der Waals surface area contributed by atoms with Crippen LogP contribution in [-0.4, -0.2) is 37.3 Å². The number of carbonyl (C=O) groups is 1. The van der Waals surface area contributed by atoms with E-state index in [-0.39, 0.29) is 0 Å². The number of pyridine rings is 1. The molecular weight excluding hydrogens is 574 g/mol. The maximum Gasteiger partial charge on any atom is 0.416 e. The number of urea groups is 1. The van der Waals surface area contributed by atoms with E-state index in [1.165, 1.54) is 0 Å². The van der Waals surface area contributed by atoms with Crippen LogP contribution < -0.4 is 20.9 Å². The molecule has 11 heteroatoms. The summed E-state index contributed by atoms with van der Waals surface area (Å²) >= 11 is 0. The molecule has 0 radical (unpaired) electrons. The molecule has 0 aliphatic carbocycles. The first kappa shape index (κ1) is 28.9. The van der Waals surface area contributed by atoms with Crippen LogP contribution in [0.25, 0.3) is 21.9 Å². The molecule has 0 spiro atoms. The minimum atomic E-state index is -4.67. The van der Waals surface area contributed by atoms with Crippen molar-refractivity contribution in [2.24, 2.45) is 0 Å². The van der Waals surface area contributed by atoms with Crippen molar-refractivity contribution < 1.29 is 27.1 Å². The number of halogens is 4. The van der Waals surface area contributed by atoms with Crippen LogP contribution >= 0.6 is 0 Å². The Balaban J connectivity index is 1.21. The molecule has 224 valence electrons. The molecule has 1 aromatic heterocycles. The number of nitrogens with zero attached hydrogens (tertiary/aromatic N) is 2. The summed E-state index contributed by atoms with van der Waals surface area (Å²) in [4.78, 5) is 19.4. The van der Waals surface area contributed by atoms with E-state index in [2.05, 4.69) is 38.0 Å². The van der Waals surface area contributed by atoms with Crippen LogP contribution in [0.1, 0.15) is 5.56 Å². The molecular formula is C33H27F4N5O2. The van der Waals surface area contributed by atoms with Gasteiger partial charge in [-0.25, -0.2) is 14.2 Å². The maximum atomic E-state index is 14.1. The molecule has 0 saturated carbocycles. The average molecular weight is 602 g/mol. The van der Waals surface area contributed by atoms with Crippen molar-refractivity contribution in [3.63, 3.8) is 0 Å². The summed E-state index contributed by atoms with van der Waals surface area (Å²) in [6.45, 7) is 3.15. The minimum absolute atomic E-state index is 0.372. The molecule has 0 bridgehead atoms. The predicted octanol–water partition coefficient (Wildman–Crippen LogP) is 8.28. The van der Waals surface area contributed by atoms with Crippen LogP contribution in [0.5, 0.6) is 0 Å². The molecule has 2 amide bonds. The Labute approximate surface area is 250 Å². The highest BCUT2D eigenvalue weighted by Gasteiger charge is 2.31. The van der Waals surface area contributed by atoms with E-state index in [1.807, 2.05) is 42.5 Å². The fourth-order valence-electron chi connectivity index (χ4n) is 5.12. The van der Waals surface area contributed by atoms with Gasteiger partial charge in [0.05, 0.1) is 24.5 Å². The standard InChI is InChI=1S/C33H27F4N5O2/c34-29-12-7-22(33(35,36)37)20-30(29)41-32(43)40-24-4-1-3-21(19-24)26-5-2-6-28-27(26)13-14-38-31(28)39-23-8-10-25(11-9-23)42-15-17-44-18-16-42/h1-14,19-20H,15-18H2,(H,38,39)(H2,40,41,43). The fraction of sp³-hybridized carbons (Fsp3) is 0.152. The molecule has 1 aliphatic heterocycles. The lowest BCUT2D eigenvalue weighted by Gasteiger charge is -2.28. The number of ether oxygens (including phenoxy) is 1. The van der Waals surface area contributed by atoms with Gasteiger partial charge in [0, 0.05) is 41.7 Å². The zero-order valence-electron chi connectivity index (χ0n) is 23.3. The van der Waals surface area contributed by atoms with E-state index in [0.29, 0.717) is 42.9 Å². The summed E-state index contributed by atoms with van der Waals surface area (Å²) in [7, 11) is 0. The van der Waals surface area contributed by atoms with Gasteiger partial charge in [0.15, 0.2) is 0 Å². The summed E-state index contributed by atoms with van der Waals surface area (Å²) in [6.07, 6.45) is -2.96. The summed E-state index contributed by atoms with van der Waals surface area (Å²) in [5.74, 6) is -0.302. The van der Waals surface area contributed by atoms with E-state index < -0.39 is 29.3 Å². The molecule has 0 atom stereocenters. The van der Waals surface area contributed by atoms with Gasteiger partial charge in [0.2, 0.25) is 0 Å². The molecule has 0 unspecified atom stereocenters. The van der Waals surface area contributed by atoms with Crippen LogP contribution in [0.4, 0.5) is 50.9 Å². The highest BCUT2D eigenvalue weighted by molar-refractivity contribution is 6.04. The lowest BCUT2D eigenvalue weighted by atomic mass is 9.98. The van der Waals surface area contributed by atoms with Crippen molar-refractivity contribution in [2.45, 2.75) is 6.18 Å². The monoisotopic (exact) mass is 601 g/mol. The number of hydrogen-bond donors (Lipinski definition) is 3. The quantitative estimate of drug-likeness (QED) is 0.171. The number of nitrogens with one attached hydrogen (secondary N) is 3. The molecule has 1 aliphatic rings. The fourth-order valence-corrected chi connectivity index (χ4v) is 5.12. The number of aromatic nitrogens is 1. The smallest absolute Gasteiger partial charge is 0.378 e. The van der Waals surface area contributed by atoms with Crippen molar-refractivity contribution in [1.29, 1.82) is 0 Å². The molecule has 4 aromatic carbocycles. The predicted molar refractivity (Wildman–Crippen MR) is 164 cm³/mol. The summed E-state index contributed by atoms with van der Waals surface area (Å²) in [5, 5.41) is 9.96. The Morgan fingerprint density at radius 1 is 0.818 bits per heavy atom. The van der Waals surface area contributed by atoms with Crippen molar-refractivity contribution in [1.82, 2.24) is 4.98 Å². The number of morpholine rings is 1. The Bertz CT molecular complexity index is 1810. The maximum absolute atomic E-state index is 14.1. The van der Waals surface area contributed by atoms with Crippen molar-refractivity contribution in [2.75, 3.05) is 47.2 Å². The van der Waals surface area contributed by atoms with Gasteiger partial charge in [-0.05, 0) is 77.2 Å². The number of alkyl halides is 3. The zero-order chi connectivity index (χ0) is 30.7. The van der Waals surface area contributed by atoms with Crippen LogP contribution in [0.3, 0.4) is 0 Å². The third-order valence-electron chi connectivity index (χ3n) is 7.29. The summed E-state index contributed by atoms with van der Waals surface area (Å²) in [6, 6.07) is 23.8. The molecule has 6 rings (SSSR count). The first-order chi connectivity index (χ1) is 21.2. The Morgan fingerprint density at radius 3 is 2.36 bits per heavy atom. The SMILES string of the molecule is O=C(Nc1cccc(-c2cccc3c(Nc4ccc(N5CCOCC5)cc4)nccc23)c1)Nc1cc(C(F)(F)F)ccc1F. The number of carbonyl (C=O) groups excluding carboxylic acids is 1. The third-order valence-corrected chi connectivity index (χ3v) is 7.29. The van der Waals surface area contributed by atoms with Gasteiger partial charge >= 0.3 is 12.2 Å². The molecule has 3 N–H and O–H groups in total. The summed E-state index contributed by atoms with van der Waals surface area (Å²) < 4.78 is 58.7. The van der Waals surface area contributed by atoms with Crippen LogP contribution in [0.15, 0.2) is 97.2 Å². The van der Waals surface area contributed by atoms with Gasteiger partial charge in [0.1, 0.15) is 11.6 Å². The van der Waals surface area contributed by atoms with E-state index >= 15 is 0 Å². The highest BCUT2D eigenvalue weighted by Crippen LogP contribution is 2.35. The van der Waals surface area contributed by atoms with E-state index in [0.717, 1.165) is 46.4 Å². The number of anilines is 5. The molecule has 7 nitrogen and oxygen atoms in total. The van der Waals surface area contributed by atoms with Crippen LogP contribution in [0.2, 0.25) is 0 Å².